The summed E-state index contributed by atoms with van der Waals surface area (Å²) in [5, 5.41) is 6.71. The molecular formula is C11H13N5O2. The van der Waals surface area contributed by atoms with E-state index >= 15 is 0 Å². The number of amides is 1. The Kier molecular flexibility index (Phi) is 3.13. The normalized spacial score (nSPS) is 10.3. The molecule has 0 aliphatic rings. The summed E-state index contributed by atoms with van der Waals surface area (Å²) in [5.41, 5.74) is 12.4. The van der Waals surface area contributed by atoms with E-state index in [0.717, 1.165) is 0 Å². The van der Waals surface area contributed by atoms with Crippen LogP contribution in [0.2, 0.25) is 0 Å². The largest absolute Gasteiger partial charge is 0.397 e. The minimum atomic E-state index is -0.513. The predicted octanol–water partition coefficient (Wildman–Crippen LogP) is 0.671. The van der Waals surface area contributed by atoms with Crippen molar-refractivity contribution in [1.82, 2.24) is 10.1 Å². The van der Waals surface area contributed by atoms with E-state index in [1.165, 1.54) is 6.07 Å². The summed E-state index contributed by atoms with van der Waals surface area (Å²) in [6, 6.07) is 4.79. The maximum absolute atomic E-state index is 11.0. The number of carbonyl (C=O) groups is 1. The third-order valence-electron chi connectivity index (χ3n) is 2.34. The van der Waals surface area contributed by atoms with Crippen molar-refractivity contribution in [3.05, 3.63) is 35.5 Å². The summed E-state index contributed by atoms with van der Waals surface area (Å²) in [4.78, 5) is 15.0. The highest BCUT2D eigenvalue weighted by Gasteiger charge is 2.06. The Morgan fingerprint density at radius 2 is 2.28 bits per heavy atom. The van der Waals surface area contributed by atoms with Gasteiger partial charge in [-0.25, -0.2) is 0 Å². The molecule has 1 aromatic carbocycles. The fraction of sp³-hybridized carbons (Fsp3) is 0.182. The number of hydrogen-bond donors (Lipinski definition) is 3. The first-order valence-corrected chi connectivity index (χ1v) is 5.28. The highest BCUT2D eigenvalue weighted by atomic mass is 16.5. The molecule has 5 N–H and O–H groups in total. The fourth-order valence-corrected chi connectivity index (χ4v) is 1.46. The van der Waals surface area contributed by atoms with Crippen molar-refractivity contribution in [2.75, 3.05) is 11.1 Å². The van der Waals surface area contributed by atoms with Gasteiger partial charge in [-0.1, -0.05) is 5.16 Å². The lowest BCUT2D eigenvalue weighted by Crippen LogP contribution is -2.12. The van der Waals surface area contributed by atoms with Crippen LogP contribution in [0.15, 0.2) is 22.7 Å². The van der Waals surface area contributed by atoms with Crippen molar-refractivity contribution >= 4 is 17.3 Å². The molecule has 0 radical (unpaired) electrons. The first-order valence-electron chi connectivity index (χ1n) is 5.28. The average Bonchev–Trinajstić information content (AvgIpc) is 2.73. The Labute approximate surface area is 103 Å². The topological polar surface area (TPSA) is 120 Å². The van der Waals surface area contributed by atoms with Gasteiger partial charge in [0.05, 0.1) is 17.9 Å². The van der Waals surface area contributed by atoms with Crippen molar-refractivity contribution in [3.63, 3.8) is 0 Å². The zero-order valence-electron chi connectivity index (χ0n) is 9.80. The van der Waals surface area contributed by atoms with Crippen molar-refractivity contribution in [3.8, 4) is 0 Å². The van der Waals surface area contributed by atoms with E-state index < -0.39 is 5.91 Å². The number of primary amides is 1. The van der Waals surface area contributed by atoms with E-state index in [1.807, 2.05) is 0 Å². The maximum Gasteiger partial charge on any atom is 0.248 e. The fourth-order valence-electron chi connectivity index (χ4n) is 1.46. The second-order valence-electron chi connectivity index (χ2n) is 3.76. The number of aromatic nitrogens is 2. The van der Waals surface area contributed by atoms with Crippen molar-refractivity contribution in [2.45, 2.75) is 13.5 Å². The van der Waals surface area contributed by atoms with Gasteiger partial charge in [-0.15, -0.1) is 0 Å². The molecule has 1 aromatic heterocycles. The summed E-state index contributed by atoms with van der Waals surface area (Å²) in [6.45, 7) is 2.10. The first kappa shape index (κ1) is 11.9. The number of nitrogens with two attached hydrogens (primary N) is 2. The quantitative estimate of drug-likeness (QED) is 0.683. The molecule has 0 spiro atoms. The molecule has 0 bridgehead atoms. The van der Waals surface area contributed by atoms with Crippen molar-refractivity contribution in [2.24, 2.45) is 5.73 Å². The number of hydrogen-bond acceptors (Lipinski definition) is 6. The smallest absolute Gasteiger partial charge is 0.248 e. The Morgan fingerprint density at radius 3 is 2.83 bits per heavy atom. The average molecular weight is 247 g/mol. The van der Waals surface area contributed by atoms with E-state index in [-0.39, 0.29) is 0 Å². The molecular weight excluding hydrogens is 234 g/mol. The number of anilines is 2. The van der Waals surface area contributed by atoms with E-state index in [2.05, 4.69) is 15.5 Å². The highest BCUT2D eigenvalue weighted by molar-refractivity contribution is 5.94. The molecule has 1 heterocycles. The number of benzene rings is 1. The molecule has 2 aromatic rings. The molecule has 0 atom stereocenters. The summed E-state index contributed by atoms with van der Waals surface area (Å²) in [6.07, 6.45) is 0. The van der Waals surface area contributed by atoms with Gasteiger partial charge in [-0.3, -0.25) is 4.79 Å². The van der Waals surface area contributed by atoms with Gasteiger partial charge < -0.3 is 21.3 Å². The third kappa shape index (κ3) is 2.57. The molecule has 94 valence electrons. The van der Waals surface area contributed by atoms with Crippen LogP contribution in [0.25, 0.3) is 0 Å². The predicted molar refractivity (Wildman–Crippen MR) is 65.7 cm³/mol. The van der Waals surface area contributed by atoms with Crippen LogP contribution in [-0.2, 0) is 6.54 Å². The summed E-state index contributed by atoms with van der Waals surface area (Å²) in [5.74, 6) is 0.524. The third-order valence-corrected chi connectivity index (χ3v) is 2.34. The van der Waals surface area contributed by atoms with Gasteiger partial charge in [0.25, 0.3) is 0 Å². The van der Waals surface area contributed by atoms with Gasteiger partial charge in [-0.05, 0) is 25.1 Å². The summed E-state index contributed by atoms with van der Waals surface area (Å²) in [7, 11) is 0. The first-order chi connectivity index (χ1) is 8.56. The van der Waals surface area contributed by atoms with Crippen molar-refractivity contribution in [1.29, 1.82) is 0 Å². The Balaban J connectivity index is 2.08. The second-order valence-corrected chi connectivity index (χ2v) is 3.76. The lowest BCUT2D eigenvalue weighted by atomic mass is 10.1. The van der Waals surface area contributed by atoms with Gasteiger partial charge in [0.1, 0.15) is 0 Å². The lowest BCUT2D eigenvalue weighted by molar-refractivity contribution is 0.100. The molecule has 0 unspecified atom stereocenters. The van der Waals surface area contributed by atoms with E-state index in [1.54, 1.807) is 19.1 Å². The monoisotopic (exact) mass is 247 g/mol. The standard InChI is InChI=1S/C11H13N5O2/c1-6-15-10(18-16-6)5-14-9-3-2-7(11(13)17)4-8(9)12/h2-4,14H,5,12H2,1H3,(H2,13,17). The van der Waals surface area contributed by atoms with Crippen LogP contribution in [0.4, 0.5) is 11.4 Å². The van der Waals surface area contributed by atoms with Crippen LogP contribution in [-0.4, -0.2) is 16.0 Å². The van der Waals surface area contributed by atoms with Gasteiger partial charge >= 0.3 is 0 Å². The van der Waals surface area contributed by atoms with Crippen LogP contribution in [0.5, 0.6) is 0 Å². The van der Waals surface area contributed by atoms with Crippen LogP contribution in [0, 0.1) is 6.92 Å². The number of nitrogens with one attached hydrogen (secondary N) is 1. The number of rotatable bonds is 4. The number of nitrogen functional groups attached to an aromatic ring is 1. The minimum Gasteiger partial charge on any atom is -0.397 e. The second kappa shape index (κ2) is 4.74. The zero-order chi connectivity index (χ0) is 13.1. The van der Waals surface area contributed by atoms with Crippen LogP contribution >= 0.6 is 0 Å². The van der Waals surface area contributed by atoms with E-state index in [0.29, 0.717) is 35.2 Å². The molecule has 0 aliphatic carbocycles. The SMILES string of the molecule is Cc1noc(CNc2ccc(C(N)=O)cc2N)n1. The molecule has 0 saturated carbocycles. The Hall–Kier alpha value is -2.57. The van der Waals surface area contributed by atoms with E-state index in [9.17, 15) is 4.79 Å². The lowest BCUT2D eigenvalue weighted by Gasteiger charge is -2.08. The zero-order valence-corrected chi connectivity index (χ0v) is 9.80. The number of nitrogens with zero attached hydrogens (tertiary/aromatic N) is 2. The molecule has 2 rings (SSSR count). The van der Waals surface area contributed by atoms with Gasteiger partial charge in [0.15, 0.2) is 5.82 Å². The summed E-state index contributed by atoms with van der Waals surface area (Å²) >= 11 is 0. The molecule has 18 heavy (non-hydrogen) atoms. The maximum atomic E-state index is 11.0. The van der Waals surface area contributed by atoms with Gasteiger partial charge in [-0.2, -0.15) is 4.98 Å². The Bertz CT molecular complexity index is 579. The van der Waals surface area contributed by atoms with Crippen LogP contribution < -0.4 is 16.8 Å². The Morgan fingerprint density at radius 1 is 1.50 bits per heavy atom. The molecule has 7 heteroatoms. The molecule has 0 saturated heterocycles. The summed E-state index contributed by atoms with van der Waals surface area (Å²) < 4.78 is 4.95. The minimum absolute atomic E-state index is 0.362. The molecule has 0 aliphatic heterocycles. The van der Waals surface area contributed by atoms with E-state index in [4.69, 9.17) is 16.0 Å². The molecule has 1 amide bonds. The van der Waals surface area contributed by atoms with Crippen LogP contribution in [0.3, 0.4) is 0 Å². The molecule has 0 fully saturated rings. The number of carbonyl (C=O) groups excluding carboxylic acids is 1. The van der Waals surface area contributed by atoms with Gasteiger partial charge in [0, 0.05) is 5.56 Å². The van der Waals surface area contributed by atoms with Crippen molar-refractivity contribution < 1.29 is 9.32 Å². The highest BCUT2D eigenvalue weighted by Crippen LogP contribution is 2.20. The molecule has 7 nitrogen and oxygen atoms in total. The number of aryl methyl sites for hydroxylation is 1. The van der Waals surface area contributed by atoms with Crippen LogP contribution in [0.1, 0.15) is 22.1 Å². The van der Waals surface area contributed by atoms with Gasteiger partial charge in [0.2, 0.25) is 11.8 Å².